The number of halogens is 1. The summed E-state index contributed by atoms with van der Waals surface area (Å²) < 4.78 is 1.31. The van der Waals surface area contributed by atoms with Gasteiger partial charge in [0.2, 0.25) is 0 Å². The van der Waals surface area contributed by atoms with Crippen molar-refractivity contribution >= 4 is 32.9 Å². The third-order valence-corrected chi connectivity index (χ3v) is 4.10. The van der Waals surface area contributed by atoms with E-state index in [0.717, 1.165) is 6.42 Å². The van der Waals surface area contributed by atoms with Gasteiger partial charge in [-0.1, -0.05) is 41.1 Å². The Kier molecular flexibility index (Phi) is 1.99. The van der Waals surface area contributed by atoms with Crippen LogP contribution in [0.2, 0.25) is 0 Å². The Labute approximate surface area is 97.3 Å². The van der Waals surface area contributed by atoms with Gasteiger partial charge in [-0.3, -0.25) is 0 Å². The second-order valence-electron chi connectivity index (χ2n) is 4.20. The average Bonchev–Trinajstić information content (AvgIpc) is 2.57. The van der Waals surface area contributed by atoms with Gasteiger partial charge in [0.05, 0.1) is 0 Å². The number of nitrogens with one attached hydrogen (secondary N) is 1. The van der Waals surface area contributed by atoms with Crippen molar-refractivity contribution in [2.45, 2.75) is 13.3 Å². The van der Waals surface area contributed by atoms with Gasteiger partial charge in [-0.25, -0.2) is 0 Å². The van der Waals surface area contributed by atoms with E-state index in [-0.39, 0.29) is 0 Å². The van der Waals surface area contributed by atoms with Gasteiger partial charge in [-0.2, -0.15) is 0 Å². The van der Waals surface area contributed by atoms with Gasteiger partial charge in [0.15, 0.2) is 0 Å². The van der Waals surface area contributed by atoms with E-state index in [1.54, 1.807) is 0 Å². The highest BCUT2D eigenvalue weighted by atomic mass is 79.9. The molecule has 76 valence electrons. The van der Waals surface area contributed by atoms with E-state index in [0.29, 0.717) is 5.92 Å². The van der Waals surface area contributed by atoms with E-state index in [2.05, 4.69) is 58.2 Å². The van der Waals surface area contributed by atoms with Crippen molar-refractivity contribution in [2.24, 2.45) is 5.92 Å². The summed E-state index contributed by atoms with van der Waals surface area (Å²) in [4.78, 5) is 3.50. The van der Waals surface area contributed by atoms with Crippen LogP contribution in [0.1, 0.15) is 18.2 Å². The zero-order valence-corrected chi connectivity index (χ0v) is 10.1. The molecule has 1 unspecified atom stereocenters. The molecule has 1 aliphatic rings. The average molecular weight is 262 g/mol. The largest absolute Gasteiger partial charge is 0.358 e. The number of aromatic amines is 1. The van der Waals surface area contributed by atoms with Crippen LogP contribution in [-0.2, 0) is 6.42 Å². The fourth-order valence-corrected chi connectivity index (χ4v) is 2.62. The van der Waals surface area contributed by atoms with Crippen LogP contribution in [0, 0.1) is 5.92 Å². The zero-order chi connectivity index (χ0) is 10.4. The van der Waals surface area contributed by atoms with E-state index in [4.69, 9.17) is 0 Å². The van der Waals surface area contributed by atoms with Crippen LogP contribution < -0.4 is 0 Å². The van der Waals surface area contributed by atoms with Crippen LogP contribution in [0.4, 0.5) is 0 Å². The number of allylic oxidation sites excluding steroid dienone is 1. The summed E-state index contributed by atoms with van der Waals surface area (Å²) >= 11 is 3.64. The molecule has 1 aromatic heterocycles. The number of rotatable bonds is 0. The second-order valence-corrected chi connectivity index (χ2v) is 5.11. The molecule has 2 aromatic rings. The highest BCUT2D eigenvalue weighted by Crippen LogP contribution is 2.35. The molecular weight excluding hydrogens is 250 g/mol. The van der Waals surface area contributed by atoms with Gasteiger partial charge in [0.25, 0.3) is 0 Å². The molecule has 1 nitrogen and oxygen atoms in total. The number of para-hydroxylation sites is 1. The summed E-state index contributed by atoms with van der Waals surface area (Å²) in [6.45, 7) is 2.25. The highest BCUT2D eigenvalue weighted by Gasteiger charge is 2.19. The fourth-order valence-electron chi connectivity index (χ4n) is 2.23. The van der Waals surface area contributed by atoms with Crippen LogP contribution in [-0.4, -0.2) is 4.98 Å². The molecule has 3 rings (SSSR count). The maximum Gasteiger partial charge on any atom is 0.0462 e. The van der Waals surface area contributed by atoms with Crippen LogP contribution in [0.5, 0.6) is 0 Å². The number of H-pyrrole nitrogens is 1. The van der Waals surface area contributed by atoms with Crippen molar-refractivity contribution in [1.82, 2.24) is 4.98 Å². The van der Waals surface area contributed by atoms with E-state index in [9.17, 15) is 0 Å². The molecule has 0 saturated heterocycles. The van der Waals surface area contributed by atoms with Gasteiger partial charge in [-0.05, 0) is 29.0 Å². The molecule has 1 aromatic carbocycles. The molecule has 0 amide bonds. The first-order chi connectivity index (χ1) is 7.25. The molecule has 2 heteroatoms. The van der Waals surface area contributed by atoms with E-state index in [1.165, 1.54) is 26.6 Å². The van der Waals surface area contributed by atoms with Gasteiger partial charge in [0.1, 0.15) is 0 Å². The minimum absolute atomic E-state index is 0.588. The Balaban J connectivity index is 2.32. The molecule has 0 saturated carbocycles. The first kappa shape index (κ1) is 9.22. The summed E-state index contributed by atoms with van der Waals surface area (Å²) in [7, 11) is 0. The van der Waals surface area contributed by atoms with Crippen LogP contribution in [0.25, 0.3) is 17.0 Å². The van der Waals surface area contributed by atoms with Gasteiger partial charge in [-0.15, -0.1) is 0 Å². The van der Waals surface area contributed by atoms with Gasteiger partial charge in [0, 0.05) is 22.2 Å². The number of fused-ring (bicyclic) bond motifs is 3. The minimum atomic E-state index is 0.588. The number of hydrogen-bond donors (Lipinski definition) is 1. The number of hydrogen-bond acceptors (Lipinski definition) is 0. The molecule has 0 bridgehead atoms. The van der Waals surface area contributed by atoms with Gasteiger partial charge >= 0.3 is 0 Å². The third-order valence-electron chi connectivity index (χ3n) is 3.09. The molecule has 1 aliphatic carbocycles. The lowest BCUT2D eigenvalue weighted by Crippen LogP contribution is -2.05. The summed E-state index contributed by atoms with van der Waals surface area (Å²) in [5.74, 6) is 0.588. The lowest BCUT2D eigenvalue weighted by molar-refractivity contribution is 0.697. The fraction of sp³-hybridized carbons (Fsp3) is 0.231. The lowest BCUT2D eigenvalue weighted by atomic mass is 9.95. The van der Waals surface area contributed by atoms with E-state index < -0.39 is 0 Å². The maximum atomic E-state index is 3.64. The summed E-state index contributed by atoms with van der Waals surface area (Å²) in [5.41, 5.74) is 3.97. The summed E-state index contributed by atoms with van der Waals surface area (Å²) in [6.07, 6.45) is 3.35. The second kappa shape index (κ2) is 3.24. The Morgan fingerprint density at radius 2 is 2.13 bits per heavy atom. The molecule has 1 atom stereocenters. The van der Waals surface area contributed by atoms with E-state index >= 15 is 0 Å². The monoisotopic (exact) mass is 261 g/mol. The van der Waals surface area contributed by atoms with Crippen molar-refractivity contribution in [3.05, 3.63) is 40.0 Å². The van der Waals surface area contributed by atoms with Gasteiger partial charge < -0.3 is 4.98 Å². The van der Waals surface area contributed by atoms with Crippen molar-refractivity contribution < 1.29 is 0 Å². The molecular formula is C13H12BrN. The standard InChI is InChI=1S/C13H12BrN/c1-8-6-13-10(7-11(8)14)9-4-2-3-5-12(9)15-13/h2-5,7-8,15H,6H2,1H3. The molecule has 0 aliphatic heterocycles. The Morgan fingerprint density at radius 1 is 1.33 bits per heavy atom. The molecule has 1 N–H and O–H groups in total. The predicted octanol–water partition coefficient (Wildman–Crippen LogP) is 4.10. The number of aromatic nitrogens is 1. The number of benzene rings is 1. The predicted molar refractivity (Wildman–Crippen MR) is 68.1 cm³/mol. The Morgan fingerprint density at radius 3 is 3.00 bits per heavy atom. The third kappa shape index (κ3) is 1.36. The summed E-state index contributed by atoms with van der Waals surface area (Å²) in [6, 6.07) is 8.49. The van der Waals surface area contributed by atoms with Crippen molar-refractivity contribution in [3.8, 4) is 0 Å². The quantitative estimate of drug-likeness (QED) is 0.735. The molecule has 1 heterocycles. The van der Waals surface area contributed by atoms with Crippen LogP contribution in [0.15, 0.2) is 28.7 Å². The van der Waals surface area contributed by atoms with Crippen LogP contribution >= 0.6 is 15.9 Å². The van der Waals surface area contributed by atoms with Crippen molar-refractivity contribution in [3.63, 3.8) is 0 Å². The highest BCUT2D eigenvalue weighted by molar-refractivity contribution is 9.11. The first-order valence-corrected chi connectivity index (χ1v) is 6.01. The Bertz CT molecular complexity index is 551. The smallest absolute Gasteiger partial charge is 0.0462 e. The molecule has 0 fully saturated rings. The zero-order valence-electron chi connectivity index (χ0n) is 8.55. The van der Waals surface area contributed by atoms with Crippen molar-refractivity contribution in [2.75, 3.05) is 0 Å². The Hall–Kier alpha value is -1.02. The summed E-state index contributed by atoms with van der Waals surface area (Å²) in [5, 5.41) is 1.33. The lowest BCUT2D eigenvalue weighted by Gasteiger charge is -2.16. The molecule has 0 spiro atoms. The maximum absolute atomic E-state index is 3.64. The first-order valence-electron chi connectivity index (χ1n) is 5.22. The normalized spacial score (nSPS) is 20.1. The minimum Gasteiger partial charge on any atom is -0.358 e. The molecule has 15 heavy (non-hydrogen) atoms. The SMILES string of the molecule is CC1Cc2[nH]c3ccccc3c2C=C1Br. The molecule has 0 radical (unpaired) electrons. The van der Waals surface area contributed by atoms with E-state index in [1.807, 2.05) is 0 Å². The topological polar surface area (TPSA) is 15.8 Å². The van der Waals surface area contributed by atoms with Crippen molar-refractivity contribution in [1.29, 1.82) is 0 Å². The van der Waals surface area contributed by atoms with Crippen LogP contribution in [0.3, 0.4) is 0 Å².